The molecular weight excluding hydrogens is 144 g/mol. The van der Waals surface area contributed by atoms with Crippen molar-refractivity contribution in [3.63, 3.8) is 0 Å². The van der Waals surface area contributed by atoms with E-state index in [1.165, 1.54) is 32.1 Å². The van der Waals surface area contributed by atoms with E-state index in [1.54, 1.807) is 0 Å². The molecule has 0 aliphatic heterocycles. The zero-order valence-electron chi connectivity index (χ0n) is 8.77. The van der Waals surface area contributed by atoms with Crippen molar-refractivity contribution in [3.05, 3.63) is 12.2 Å². The summed E-state index contributed by atoms with van der Waals surface area (Å²) < 4.78 is 0. The molecule has 0 aromatic carbocycles. The molecule has 0 saturated heterocycles. The van der Waals surface area contributed by atoms with Gasteiger partial charge >= 0.3 is 0 Å². The molecule has 0 N–H and O–H groups in total. The summed E-state index contributed by atoms with van der Waals surface area (Å²) in [6.45, 7) is 6.93. The molecule has 1 unspecified atom stereocenters. The van der Waals surface area contributed by atoms with Gasteiger partial charge in [-0.15, -0.1) is 0 Å². The first-order chi connectivity index (χ1) is 5.76. The fourth-order valence-corrected chi connectivity index (χ4v) is 2.17. The van der Waals surface area contributed by atoms with E-state index in [9.17, 15) is 0 Å². The third-order valence-electron chi connectivity index (χ3n) is 3.67. The summed E-state index contributed by atoms with van der Waals surface area (Å²) in [6.07, 6.45) is 11.7. The highest BCUT2D eigenvalue weighted by Crippen LogP contribution is 2.39. The Morgan fingerprint density at radius 1 is 1.25 bits per heavy atom. The first kappa shape index (κ1) is 9.83. The Morgan fingerprint density at radius 2 is 1.92 bits per heavy atom. The predicted molar refractivity (Wildman–Crippen MR) is 55.2 cm³/mol. The first-order valence-electron chi connectivity index (χ1n) is 5.45. The molecular formula is C12H22. The second-order valence-electron chi connectivity index (χ2n) is 4.14. The van der Waals surface area contributed by atoms with Gasteiger partial charge in [-0.1, -0.05) is 32.9 Å². The molecule has 1 aliphatic rings. The van der Waals surface area contributed by atoms with E-state index in [1.807, 2.05) is 0 Å². The van der Waals surface area contributed by atoms with Crippen LogP contribution >= 0.6 is 0 Å². The van der Waals surface area contributed by atoms with Crippen LogP contribution in [0.1, 0.15) is 52.9 Å². The first-order valence-corrected chi connectivity index (χ1v) is 5.45. The standard InChI is InChI=1S/C12H22/c1-4-11-7-9-12(5-2,6-3)10-8-11/h7,9,11H,4-6,8,10H2,1-3H3. The van der Waals surface area contributed by atoms with E-state index in [-0.39, 0.29) is 0 Å². The number of hydrogen-bond donors (Lipinski definition) is 0. The maximum absolute atomic E-state index is 2.49. The van der Waals surface area contributed by atoms with E-state index >= 15 is 0 Å². The lowest BCUT2D eigenvalue weighted by Gasteiger charge is -2.33. The van der Waals surface area contributed by atoms with Crippen LogP contribution in [0.2, 0.25) is 0 Å². The Kier molecular flexibility index (Phi) is 3.37. The predicted octanol–water partition coefficient (Wildman–Crippen LogP) is 4.17. The van der Waals surface area contributed by atoms with E-state index in [2.05, 4.69) is 32.9 Å². The van der Waals surface area contributed by atoms with Crippen LogP contribution in [-0.4, -0.2) is 0 Å². The van der Waals surface area contributed by atoms with Crippen molar-refractivity contribution in [3.8, 4) is 0 Å². The Balaban J connectivity index is 2.61. The molecule has 1 rings (SSSR count). The fraction of sp³-hybridized carbons (Fsp3) is 0.833. The molecule has 0 aromatic rings. The van der Waals surface area contributed by atoms with Gasteiger partial charge in [0.1, 0.15) is 0 Å². The Bertz CT molecular complexity index is 151. The summed E-state index contributed by atoms with van der Waals surface area (Å²) in [5.74, 6) is 0.872. The molecule has 0 nitrogen and oxygen atoms in total. The molecule has 0 fully saturated rings. The van der Waals surface area contributed by atoms with Crippen LogP contribution in [0, 0.1) is 11.3 Å². The van der Waals surface area contributed by atoms with Gasteiger partial charge in [0.2, 0.25) is 0 Å². The SMILES string of the molecule is CCC1C=CC(CC)(CC)CC1. The molecule has 1 atom stereocenters. The maximum Gasteiger partial charge on any atom is -0.0123 e. The van der Waals surface area contributed by atoms with Crippen LogP contribution in [0.5, 0.6) is 0 Å². The van der Waals surface area contributed by atoms with Crippen LogP contribution in [0.3, 0.4) is 0 Å². The van der Waals surface area contributed by atoms with Crippen molar-refractivity contribution in [1.29, 1.82) is 0 Å². The average molecular weight is 166 g/mol. The van der Waals surface area contributed by atoms with Crippen molar-refractivity contribution in [1.82, 2.24) is 0 Å². The van der Waals surface area contributed by atoms with Crippen molar-refractivity contribution in [2.24, 2.45) is 11.3 Å². The van der Waals surface area contributed by atoms with Gasteiger partial charge < -0.3 is 0 Å². The van der Waals surface area contributed by atoms with Gasteiger partial charge in [0.05, 0.1) is 0 Å². The van der Waals surface area contributed by atoms with Gasteiger partial charge in [0, 0.05) is 0 Å². The molecule has 0 heterocycles. The highest BCUT2D eigenvalue weighted by atomic mass is 14.3. The molecule has 12 heavy (non-hydrogen) atoms. The smallest absolute Gasteiger partial charge is 0.0123 e. The number of hydrogen-bond acceptors (Lipinski definition) is 0. The minimum atomic E-state index is 0.561. The summed E-state index contributed by atoms with van der Waals surface area (Å²) in [7, 11) is 0. The largest absolute Gasteiger partial charge is 0.0849 e. The van der Waals surface area contributed by atoms with E-state index < -0.39 is 0 Å². The third kappa shape index (κ3) is 1.91. The van der Waals surface area contributed by atoms with Crippen molar-refractivity contribution in [2.75, 3.05) is 0 Å². The van der Waals surface area contributed by atoms with Crippen LogP contribution in [-0.2, 0) is 0 Å². The van der Waals surface area contributed by atoms with E-state index in [4.69, 9.17) is 0 Å². The molecule has 0 saturated carbocycles. The van der Waals surface area contributed by atoms with E-state index in [0.717, 1.165) is 5.92 Å². The second kappa shape index (κ2) is 4.11. The monoisotopic (exact) mass is 166 g/mol. The molecule has 1 aliphatic carbocycles. The summed E-state index contributed by atoms with van der Waals surface area (Å²) in [6, 6.07) is 0. The van der Waals surface area contributed by atoms with Gasteiger partial charge in [0.15, 0.2) is 0 Å². The molecule has 0 aromatic heterocycles. The van der Waals surface area contributed by atoms with Gasteiger partial charge in [-0.25, -0.2) is 0 Å². The van der Waals surface area contributed by atoms with Crippen molar-refractivity contribution >= 4 is 0 Å². The quantitative estimate of drug-likeness (QED) is 0.552. The molecule has 70 valence electrons. The summed E-state index contributed by atoms with van der Waals surface area (Å²) in [5, 5.41) is 0. The molecule has 0 spiro atoms. The topological polar surface area (TPSA) is 0 Å². The fourth-order valence-electron chi connectivity index (χ4n) is 2.17. The average Bonchev–Trinajstić information content (AvgIpc) is 2.18. The Labute approximate surface area is 77.1 Å². The minimum absolute atomic E-state index is 0.561. The second-order valence-corrected chi connectivity index (χ2v) is 4.14. The molecule has 0 heteroatoms. The lowest BCUT2D eigenvalue weighted by molar-refractivity contribution is 0.276. The zero-order chi connectivity index (χ0) is 9.03. The Hall–Kier alpha value is -0.260. The lowest BCUT2D eigenvalue weighted by atomic mass is 9.72. The van der Waals surface area contributed by atoms with Gasteiger partial charge in [-0.05, 0) is 43.4 Å². The normalized spacial score (nSPS) is 27.4. The van der Waals surface area contributed by atoms with Gasteiger partial charge in [0.25, 0.3) is 0 Å². The van der Waals surface area contributed by atoms with Crippen LogP contribution in [0.25, 0.3) is 0 Å². The number of allylic oxidation sites excluding steroid dienone is 2. The van der Waals surface area contributed by atoms with Crippen LogP contribution in [0.4, 0.5) is 0 Å². The number of rotatable bonds is 3. The van der Waals surface area contributed by atoms with Gasteiger partial charge in [-0.2, -0.15) is 0 Å². The zero-order valence-corrected chi connectivity index (χ0v) is 8.77. The van der Waals surface area contributed by atoms with Crippen molar-refractivity contribution < 1.29 is 0 Å². The van der Waals surface area contributed by atoms with Crippen molar-refractivity contribution in [2.45, 2.75) is 52.9 Å². The molecule has 0 radical (unpaired) electrons. The maximum atomic E-state index is 2.49. The highest BCUT2D eigenvalue weighted by Gasteiger charge is 2.26. The van der Waals surface area contributed by atoms with E-state index in [0.29, 0.717) is 5.41 Å². The summed E-state index contributed by atoms with van der Waals surface area (Å²) in [4.78, 5) is 0. The minimum Gasteiger partial charge on any atom is -0.0849 e. The highest BCUT2D eigenvalue weighted by molar-refractivity contribution is 5.05. The van der Waals surface area contributed by atoms with Gasteiger partial charge in [-0.3, -0.25) is 0 Å². The third-order valence-corrected chi connectivity index (χ3v) is 3.67. The molecule has 0 bridgehead atoms. The summed E-state index contributed by atoms with van der Waals surface area (Å²) >= 11 is 0. The lowest BCUT2D eigenvalue weighted by Crippen LogP contribution is -2.21. The summed E-state index contributed by atoms with van der Waals surface area (Å²) in [5.41, 5.74) is 0.561. The molecule has 0 amide bonds. The Morgan fingerprint density at radius 3 is 2.25 bits per heavy atom. The van der Waals surface area contributed by atoms with Crippen LogP contribution < -0.4 is 0 Å². The van der Waals surface area contributed by atoms with Crippen LogP contribution in [0.15, 0.2) is 12.2 Å².